The fourth-order valence-corrected chi connectivity index (χ4v) is 6.51. The van der Waals surface area contributed by atoms with E-state index >= 15 is 0 Å². The molecule has 5 heteroatoms. The number of rotatable bonds is 5. The fourth-order valence-electron chi connectivity index (χ4n) is 5.77. The molecule has 0 radical (unpaired) electrons. The van der Waals surface area contributed by atoms with E-state index in [0.717, 1.165) is 22.9 Å². The minimum atomic E-state index is 0.154. The molecule has 4 fully saturated rings. The van der Waals surface area contributed by atoms with Gasteiger partial charge < -0.3 is 9.88 Å². The molecule has 5 rings (SSSR count). The lowest BCUT2D eigenvalue weighted by molar-refractivity contribution is -0.123. The first-order chi connectivity index (χ1) is 11.0. The molecule has 0 spiro atoms. The maximum absolute atomic E-state index is 12.4. The quantitative estimate of drug-likeness (QED) is 0.842. The summed E-state index contributed by atoms with van der Waals surface area (Å²) in [7, 11) is 1.96. The third-order valence-corrected chi connectivity index (χ3v) is 7.55. The standard InChI is InChI=1S/C18H27N3OS/c1-12(20-16(22)11-23-17-19-3-4-21(17)2)18-8-13-5-14(9-18)7-15(6-13)10-18/h3-4,12-15H,5-11H2,1-2H3,(H,20,22)/t12-,13?,14?,15?,18?/m0/s1. The number of aromatic nitrogens is 2. The first-order valence-electron chi connectivity index (χ1n) is 8.93. The Kier molecular flexibility index (Phi) is 3.94. The van der Waals surface area contributed by atoms with E-state index in [9.17, 15) is 4.79 Å². The average Bonchev–Trinajstić information content (AvgIpc) is 2.89. The Bertz CT molecular complexity index is 562. The topological polar surface area (TPSA) is 46.9 Å². The first kappa shape index (κ1) is 15.6. The highest BCUT2D eigenvalue weighted by molar-refractivity contribution is 7.99. The summed E-state index contributed by atoms with van der Waals surface area (Å²) in [5.41, 5.74) is 0.387. The largest absolute Gasteiger partial charge is 0.352 e. The first-order valence-corrected chi connectivity index (χ1v) is 9.92. The van der Waals surface area contributed by atoms with Crippen LogP contribution in [0.3, 0.4) is 0 Å². The van der Waals surface area contributed by atoms with Gasteiger partial charge in [0.05, 0.1) is 5.75 Å². The summed E-state index contributed by atoms with van der Waals surface area (Å²) in [6.07, 6.45) is 12.1. The van der Waals surface area contributed by atoms with Gasteiger partial charge >= 0.3 is 0 Å². The van der Waals surface area contributed by atoms with Crippen LogP contribution in [0.5, 0.6) is 0 Å². The van der Waals surface area contributed by atoms with Gasteiger partial charge in [0.25, 0.3) is 0 Å². The third-order valence-electron chi connectivity index (χ3n) is 6.49. The molecule has 1 amide bonds. The Morgan fingerprint density at radius 2 is 1.96 bits per heavy atom. The number of hydrogen-bond acceptors (Lipinski definition) is 3. The summed E-state index contributed by atoms with van der Waals surface area (Å²) in [4.78, 5) is 16.7. The molecule has 0 aliphatic heterocycles. The van der Waals surface area contributed by atoms with Crippen LogP contribution in [-0.4, -0.2) is 27.3 Å². The third kappa shape index (κ3) is 2.92. The van der Waals surface area contributed by atoms with Crippen molar-refractivity contribution < 1.29 is 4.79 Å². The van der Waals surface area contributed by atoms with E-state index in [1.54, 1.807) is 6.20 Å². The number of aryl methyl sites for hydroxylation is 1. The van der Waals surface area contributed by atoms with Gasteiger partial charge in [-0.1, -0.05) is 11.8 Å². The molecule has 126 valence electrons. The van der Waals surface area contributed by atoms with Crippen LogP contribution in [0.15, 0.2) is 17.6 Å². The van der Waals surface area contributed by atoms with Crippen LogP contribution in [0.1, 0.15) is 45.4 Å². The molecule has 1 atom stereocenters. The highest BCUT2D eigenvalue weighted by atomic mass is 32.2. The summed E-state index contributed by atoms with van der Waals surface area (Å²) in [5.74, 6) is 3.41. The molecule has 1 N–H and O–H groups in total. The molecule has 1 heterocycles. The molecular weight excluding hydrogens is 306 g/mol. The number of thioether (sulfide) groups is 1. The maximum Gasteiger partial charge on any atom is 0.230 e. The van der Waals surface area contributed by atoms with Crippen LogP contribution in [0.25, 0.3) is 0 Å². The maximum atomic E-state index is 12.4. The summed E-state index contributed by atoms with van der Waals surface area (Å²) < 4.78 is 1.96. The van der Waals surface area contributed by atoms with E-state index in [-0.39, 0.29) is 5.91 Å². The summed E-state index contributed by atoms with van der Waals surface area (Å²) >= 11 is 1.52. The Labute approximate surface area is 142 Å². The molecule has 1 aromatic heterocycles. The second kappa shape index (κ2) is 5.83. The Balaban J connectivity index is 1.35. The van der Waals surface area contributed by atoms with Crippen molar-refractivity contribution in [1.29, 1.82) is 0 Å². The van der Waals surface area contributed by atoms with Gasteiger partial charge in [-0.05, 0) is 68.6 Å². The van der Waals surface area contributed by atoms with Crippen LogP contribution in [0.4, 0.5) is 0 Å². The second-order valence-corrected chi connectivity index (χ2v) is 9.12. The predicted octanol–water partition coefficient (Wildman–Crippen LogP) is 3.23. The van der Waals surface area contributed by atoms with E-state index in [4.69, 9.17) is 0 Å². The molecule has 4 nitrogen and oxygen atoms in total. The highest BCUT2D eigenvalue weighted by Crippen LogP contribution is 2.61. The van der Waals surface area contributed by atoms with Crippen molar-refractivity contribution in [2.45, 2.75) is 56.6 Å². The van der Waals surface area contributed by atoms with Gasteiger partial charge in [0, 0.05) is 25.5 Å². The molecule has 4 saturated carbocycles. The monoisotopic (exact) mass is 333 g/mol. The van der Waals surface area contributed by atoms with Crippen LogP contribution < -0.4 is 5.32 Å². The van der Waals surface area contributed by atoms with Crippen molar-refractivity contribution in [1.82, 2.24) is 14.9 Å². The van der Waals surface area contributed by atoms with E-state index in [1.807, 2.05) is 17.8 Å². The number of amides is 1. The van der Waals surface area contributed by atoms with Crippen LogP contribution in [0, 0.1) is 23.2 Å². The van der Waals surface area contributed by atoms with Crippen molar-refractivity contribution in [3.05, 3.63) is 12.4 Å². The molecule has 4 aliphatic rings. The zero-order valence-corrected chi connectivity index (χ0v) is 14.9. The number of nitrogens with one attached hydrogen (secondary N) is 1. The van der Waals surface area contributed by atoms with Gasteiger partial charge in [-0.15, -0.1) is 0 Å². The van der Waals surface area contributed by atoms with Gasteiger partial charge in [-0.3, -0.25) is 4.79 Å². The van der Waals surface area contributed by atoms with Crippen molar-refractivity contribution in [3.63, 3.8) is 0 Å². The zero-order valence-electron chi connectivity index (χ0n) is 14.1. The van der Waals surface area contributed by atoms with Gasteiger partial charge in [-0.2, -0.15) is 0 Å². The Hall–Kier alpha value is -0.970. The zero-order chi connectivity index (χ0) is 16.0. The predicted molar refractivity (Wildman–Crippen MR) is 92.1 cm³/mol. The highest BCUT2D eigenvalue weighted by Gasteiger charge is 2.53. The lowest BCUT2D eigenvalue weighted by Crippen LogP contribution is -2.56. The number of carbonyl (C=O) groups is 1. The minimum Gasteiger partial charge on any atom is -0.352 e. The molecule has 0 unspecified atom stereocenters. The van der Waals surface area contributed by atoms with E-state index in [2.05, 4.69) is 17.2 Å². The lowest BCUT2D eigenvalue weighted by atomic mass is 9.48. The summed E-state index contributed by atoms with van der Waals surface area (Å²) in [6.45, 7) is 2.25. The van der Waals surface area contributed by atoms with Crippen LogP contribution in [-0.2, 0) is 11.8 Å². The van der Waals surface area contributed by atoms with Crippen molar-refractivity contribution >= 4 is 17.7 Å². The van der Waals surface area contributed by atoms with E-state index in [0.29, 0.717) is 17.2 Å². The minimum absolute atomic E-state index is 0.154. The molecular formula is C18H27N3OS. The molecule has 1 aromatic rings. The SMILES string of the molecule is C[C@H](NC(=O)CSc1nccn1C)C12CC3CC(CC(C3)C1)C2. The van der Waals surface area contributed by atoms with Crippen molar-refractivity contribution in [3.8, 4) is 0 Å². The van der Waals surface area contributed by atoms with E-state index in [1.165, 1.54) is 50.3 Å². The normalized spacial score (nSPS) is 36.2. The van der Waals surface area contributed by atoms with Crippen molar-refractivity contribution in [2.24, 2.45) is 30.2 Å². The number of carbonyl (C=O) groups excluding carboxylic acids is 1. The molecule has 0 aromatic carbocycles. The van der Waals surface area contributed by atoms with Crippen LogP contribution >= 0.6 is 11.8 Å². The van der Waals surface area contributed by atoms with E-state index < -0.39 is 0 Å². The smallest absolute Gasteiger partial charge is 0.230 e. The number of imidazole rings is 1. The Morgan fingerprint density at radius 3 is 2.48 bits per heavy atom. The number of nitrogens with zero attached hydrogens (tertiary/aromatic N) is 2. The number of hydrogen-bond donors (Lipinski definition) is 1. The van der Waals surface area contributed by atoms with Crippen LogP contribution in [0.2, 0.25) is 0 Å². The molecule has 4 aliphatic carbocycles. The lowest BCUT2D eigenvalue weighted by Gasteiger charge is -2.59. The van der Waals surface area contributed by atoms with Gasteiger partial charge in [0.15, 0.2) is 5.16 Å². The second-order valence-electron chi connectivity index (χ2n) is 8.18. The average molecular weight is 334 g/mol. The molecule has 23 heavy (non-hydrogen) atoms. The Morgan fingerprint density at radius 1 is 1.35 bits per heavy atom. The van der Waals surface area contributed by atoms with Gasteiger partial charge in [0.2, 0.25) is 5.91 Å². The van der Waals surface area contributed by atoms with Gasteiger partial charge in [-0.25, -0.2) is 4.98 Å². The summed E-state index contributed by atoms with van der Waals surface area (Å²) in [5, 5.41) is 4.23. The summed E-state index contributed by atoms with van der Waals surface area (Å²) in [6, 6.07) is 0.311. The van der Waals surface area contributed by atoms with Gasteiger partial charge in [0.1, 0.15) is 0 Å². The van der Waals surface area contributed by atoms with Crippen molar-refractivity contribution in [2.75, 3.05) is 5.75 Å². The fraction of sp³-hybridized carbons (Fsp3) is 0.778. The molecule has 4 bridgehead atoms. The molecule has 0 saturated heterocycles.